The van der Waals surface area contributed by atoms with E-state index in [0.29, 0.717) is 27.7 Å². The number of nitrogens with zero attached hydrogens (tertiary/aromatic N) is 4. The second-order valence-corrected chi connectivity index (χ2v) is 12.8. The summed E-state index contributed by atoms with van der Waals surface area (Å²) >= 11 is 11.8. The van der Waals surface area contributed by atoms with Crippen molar-refractivity contribution in [2.45, 2.75) is 41.1 Å². The summed E-state index contributed by atoms with van der Waals surface area (Å²) < 4.78 is 56.2. The average molecular weight is 537 g/mol. The van der Waals surface area contributed by atoms with Crippen molar-refractivity contribution >= 4 is 43.2 Å². The SMILES string of the molecule is N#CC1CC2Cc3c(cnn3S(=O)(=O)c3ccc(Cl)cc3)C(C1)N2S(=O)(=O)c1ccc(Cl)cc1. The highest BCUT2D eigenvalue weighted by atomic mass is 35.5. The third-order valence-electron chi connectivity index (χ3n) is 6.30. The number of benzene rings is 2. The van der Waals surface area contributed by atoms with Crippen LogP contribution in [0.3, 0.4) is 0 Å². The zero-order valence-corrected chi connectivity index (χ0v) is 20.7. The molecule has 0 amide bonds. The van der Waals surface area contributed by atoms with Gasteiger partial charge in [0.15, 0.2) is 0 Å². The smallest absolute Gasteiger partial charge is 0.207 e. The largest absolute Gasteiger partial charge is 0.283 e. The maximum absolute atomic E-state index is 13.6. The van der Waals surface area contributed by atoms with Gasteiger partial charge in [-0.15, -0.1) is 0 Å². The third kappa shape index (κ3) is 3.72. The number of rotatable bonds is 4. The van der Waals surface area contributed by atoms with Crippen LogP contribution in [0, 0.1) is 17.2 Å². The molecule has 3 heterocycles. The number of halogens is 2. The summed E-state index contributed by atoms with van der Waals surface area (Å²) in [5.74, 6) is -0.351. The van der Waals surface area contributed by atoms with Crippen LogP contribution in [-0.4, -0.2) is 36.4 Å². The van der Waals surface area contributed by atoms with Crippen molar-refractivity contribution in [2.24, 2.45) is 5.92 Å². The minimum atomic E-state index is -4.01. The molecule has 0 aliphatic carbocycles. The Morgan fingerprint density at radius 2 is 1.44 bits per heavy atom. The Kier molecular flexibility index (Phi) is 5.73. The Morgan fingerprint density at radius 3 is 2.00 bits per heavy atom. The van der Waals surface area contributed by atoms with Gasteiger partial charge in [-0.05, 0) is 61.4 Å². The molecule has 2 aromatic carbocycles. The van der Waals surface area contributed by atoms with E-state index in [-0.39, 0.29) is 28.6 Å². The number of piperidine rings is 1. The topological polar surface area (TPSA) is 113 Å². The lowest BCUT2D eigenvalue weighted by Gasteiger charge is -2.46. The maximum Gasteiger partial charge on any atom is 0.283 e. The van der Waals surface area contributed by atoms with Crippen molar-refractivity contribution in [3.8, 4) is 6.07 Å². The van der Waals surface area contributed by atoms with E-state index in [1.54, 1.807) is 0 Å². The molecule has 0 spiro atoms. The van der Waals surface area contributed by atoms with E-state index >= 15 is 0 Å². The van der Waals surface area contributed by atoms with E-state index in [2.05, 4.69) is 11.2 Å². The van der Waals surface area contributed by atoms with E-state index in [9.17, 15) is 22.1 Å². The quantitative estimate of drug-likeness (QED) is 0.497. The van der Waals surface area contributed by atoms with Crippen LogP contribution in [0.4, 0.5) is 0 Å². The fourth-order valence-corrected chi connectivity index (χ4v) is 8.16. The van der Waals surface area contributed by atoms with Gasteiger partial charge in [-0.25, -0.2) is 8.42 Å². The van der Waals surface area contributed by atoms with Gasteiger partial charge in [-0.3, -0.25) is 0 Å². The van der Waals surface area contributed by atoms with Gasteiger partial charge in [-0.2, -0.15) is 27.2 Å². The van der Waals surface area contributed by atoms with Crippen LogP contribution in [0.25, 0.3) is 0 Å². The van der Waals surface area contributed by atoms with E-state index in [4.69, 9.17) is 23.2 Å². The third-order valence-corrected chi connectivity index (χ3v) is 10.4. The van der Waals surface area contributed by atoms with Crippen LogP contribution in [-0.2, 0) is 26.5 Å². The highest BCUT2D eigenvalue weighted by Crippen LogP contribution is 2.47. The van der Waals surface area contributed by atoms with E-state index in [0.717, 1.165) is 4.09 Å². The zero-order valence-electron chi connectivity index (χ0n) is 17.5. The summed E-state index contributed by atoms with van der Waals surface area (Å²) in [4.78, 5) is 0.117. The van der Waals surface area contributed by atoms with Crippen molar-refractivity contribution in [1.82, 2.24) is 13.5 Å². The summed E-state index contributed by atoms with van der Waals surface area (Å²) in [6.45, 7) is 0. The molecule has 5 rings (SSSR count). The molecule has 0 radical (unpaired) electrons. The lowest BCUT2D eigenvalue weighted by molar-refractivity contribution is 0.138. The molecule has 0 N–H and O–H groups in total. The molecule has 0 saturated carbocycles. The van der Waals surface area contributed by atoms with Gasteiger partial charge in [-0.1, -0.05) is 23.2 Å². The van der Waals surface area contributed by atoms with Gasteiger partial charge < -0.3 is 0 Å². The second kappa shape index (κ2) is 8.36. The van der Waals surface area contributed by atoms with Crippen LogP contribution in [0.1, 0.15) is 30.1 Å². The first-order valence-electron chi connectivity index (χ1n) is 10.4. The highest BCUT2D eigenvalue weighted by molar-refractivity contribution is 7.90. The predicted molar refractivity (Wildman–Crippen MR) is 125 cm³/mol. The fraction of sp³-hybridized carbons (Fsp3) is 0.273. The number of hydrogen-bond donors (Lipinski definition) is 0. The van der Waals surface area contributed by atoms with Gasteiger partial charge in [0.1, 0.15) is 0 Å². The van der Waals surface area contributed by atoms with E-state index in [1.807, 2.05) is 0 Å². The summed E-state index contributed by atoms with van der Waals surface area (Å²) in [5, 5.41) is 14.5. The molecule has 1 aromatic heterocycles. The molecule has 3 aromatic rings. The van der Waals surface area contributed by atoms with Crippen LogP contribution in [0.15, 0.2) is 64.5 Å². The van der Waals surface area contributed by atoms with Gasteiger partial charge in [0, 0.05) is 34.0 Å². The normalized spacial score (nSPS) is 22.7. The highest BCUT2D eigenvalue weighted by Gasteiger charge is 2.49. The molecular weight excluding hydrogens is 519 g/mol. The van der Waals surface area contributed by atoms with Crippen molar-refractivity contribution < 1.29 is 16.8 Å². The molecule has 2 aliphatic rings. The lowest BCUT2D eigenvalue weighted by atomic mass is 9.80. The van der Waals surface area contributed by atoms with Crippen molar-refractivity contribution in [3.63, 3.8) is 0 Å². The molecular formula is C22H18Cl2N4O4S2. The number of nitriles is 1. The Morgan fingerprint density at radius 1 is 0.882 bits per heavy atom. The van der Waals surface area contributed by atoms with Gasteiger partial charge in [0.25, 0.3) is 10.0 Å². The van der Waals surface area contributed by atoms with E-state index < -0.39 is 32.1 Å². The summed E-state index contributed by atoms with van der Waals surface area (Å²) in [5.41, 5.74) is 0.926. The maximum atomic E-state index is 13.6. The number of sulfonamides is 1. The molecule has 1 fully saturated rings. The average Bonchev–Trinajstić information content (AvgIpc) is 3.23. The molecule has 176 valence electrons. The second-order valence-electron chi connectivity index (χ2n) is 8.31. The minimum absolute atomic E-state index is 0.0269. The van der Waals surface area contributed by atoms with Crippen LogP contribution in [0.2, 0.25) is 10.0 Å². The van der Waals surface area contributed by atoms with Crippen LogP contribution >= 0.6 is 23.2 Å². The van der Waals surface area contributed by atoms with Crippen molar-refractivity contribution in [2.75, 3.05) is 0 Å². The zero-order chi connectivity index (χ0) is 24.3. The Labute approximate surface area is 207 Å². The molecule has 2 bridgehead atoms. The number of hydrogen-bond acceptors (Lipinski definition) is 6. The van der Waals surface area contributed by atoms with Crippen molar-refractivity contribution in [3.05, 3.63) is 76.0 Å². The number of aromatic nitrogens is 2. The monoisotopic (exact) mass is 536 g/mol. The summed E-state index contributed by atoms with van der Waals surface area (Å²) in [7, 11) is -7.95. The minimum Gasteiger partial charge on any atom is -0.207 e. The molecule has 8 nitrogen and oxygen atoms in total. The van der Waals surface area contributed by atoms with Gasteiger partial charge in [0.05, 0.1) is 33.8 Å². The standard InChI is InChI=1S/C22H18Cl2N4O4S2/c23-15-1-5-18(6-2-15)33(29,30)27-17-9-14(12-25)10-21(27)20-13-26-28(22(20)11-17)34(31,32)19-7-3-16(24)4-8-19/h1-8,13-14,17,21H,9-11H2. The van der Waals surface area contributed by atoms with E-state index in [1.165, 1.54) is 59.0 Å². The number of fused-ring (bicyclic) bond motifs is 4. The van der Waals surface area contributed by atoms with Crippen LogP contribution < -0.4 is 0 Å². The van der Waals surface area contributed by atoms with Crippen LogP contribution in [0.5, 0.6) is 0 Å². The predicted octanol–water partition coefficient (Wildman–Crippen LogP) is 4.02. The Balaban J connectivity index is 1.61. The lowest BCUT2D eigenvalue weighted by Crippen LogP contribution is -2.51. The summed E-state index contributed by atoms with van der Waals surface area (Å²) in [6.07, 6.45) is 2.06. The van der Waals surface area contributed by atoms with Crippen molar-refractivity contribution in [1.29, 1.82) is 5.26 Å². The first-order valence-corrected chi connectivity index (χ1v) is 14.0. The van der Waals surface area contributed by atoms with Gasteiger partial charge in [0.2, 0.25) is 10.0 Å². The first kappa shape index (κ1) is 23.3. The molecule has 34 heavy (non-hydrogen) atoms. The molecule has 2 aliphatic heterocycles. The molecule has 1 saturated heterocycles. The Bertz CT molecular complexity index is 1510. The molecule has 3 atom stereocenters. The molecule has 3 unspecified atom stereocenters. The molecule has 12 heteroatoms. The summed E-state index contributed by atoms with van der Waals surface area (Å²) in [6, 6.07) is 12.6. The Hall–Kier alpha value is -2.42. The fourth-order valence-electron chi connectivity index (χ4n) is 4.77. The van der Waals surface area contributed by atoms with Gasteiger partial charge >= 0.3 is 0 Å². The first-order chi connectivity index (χ1) is 16.1.